The van der Waals surface area contributed by atoms with Crippen molar-refractivity contribution in [3.8, 4) is 0 Å². The molecular formula is C55H93N5O21. The van der Waals surface area contributed by atoms with Crippen LogP contribution in [-0.4, -0.2) is 211 Å². The van der Waals surface area contributed by atoms with Crippen LogP contribution in [0.4, 0.5) is 0 Å². The van der Waals surface area contributed by atoms with E-state index in [2.05, 4.69) is 21.7 Å². The average molecular weight is 1160 g/mol. The minimum absolute atomic E-state index is 0.140. The highest BCUT2D eigenvalue weighted by Crippen LogP contribution is 2.34. The Balaban J connectivity index is 1.64. The molecule has 26 heteroatoms. The molecule has 0 bridgehead atoms. The van der Waals surface area contributed by atoms with Gasteiger partial charge in [-0.1, -0.05) is 69.2 Å². The van der Waals surface area contributed by atoms with Crippen molar-refractivity contribution in [2.75, 3.05) is 19.8 Å². The molecule has 464 valence electrons. The number of hydrogen-bond acceptors (Lipinski definition) is 21. The zero-order chi connectivity index (χ0) is 61.8. The molecule has 3 fully saturated rings. The number of β-amino-alcohol motifs (C(OH)–C–C–N with tert-alkyl or cyclic N) is 1. The second-order valence-corrected chi connectivity index (χ2v) is 23.9. The van der Waals surface area contributed by atoms with Gasteiger partial charge in [-0.15, -0.1) is 0 Å². The lowest BCUT2D eigenvalue weighted by Crippen LogP contribution is -2.71. The molecule has 21 atom stereocenters. The number of aliphatic carboxylic acids is 1. The van der Waals surface area contributed by atoms with Crippen molar-refractivity contribution in [3.05, 3.63) is 0 Å². The van der Waals surface area contributed by atoms with Gasteiger partial charge in [-0.25, -0.2) is 0 Å². The van der Waals surface area contributed by atoms with E-state index in [1.54, 1.807) is 62.3 Å². The standard InChI is InChI=1S/C55H93N5O21/c1-22(2)32(51(74)59-43(25(7)8)39(67)17-33(23(3)4)50(73)58-29(12)53(76)77)16-36(64)28(11)57-49(72)26(9)14-37(65)35-15-31(63)19-60(35)52(75)34(24(5)6)18-38(66)42(56)30(13)78-54-27(10)48(45(69)41(21-62)79-54)81-55-47(71)46(70)44(68)40(20-61)80-55/h22-35,40-48,54-55,61-63,68-71H,14-21,56H2,1-13H3,(H,57,72)(H,58,73)(H,59,74)(H,76,77)/t26?,27?,28-,29-,30?,31?,32?,33?,34?,35-,40?,41?,42-,43-,44-,45-,46-,47?,48+,54-,55-/m0/s1. The van der Waals surface area contributed by atoms with E-state index in [-0.39, 0.29) is 38.1 Å². The summed E-state index contributed by atoms with van der Waals surface area (Å²) in [5.41, 5.74) is 4.00. The van der Waals surface area contributed by atoms with Gasteiger partial charge in [-0.2, -0.15) is 0 Å². The highest BCUT2D eigenvalue weighted by molar-refractivity contribution is 5.98. The highest BCUT2D eigenvalue weighted by atomic mass is 16.7. The third-order valence-corrected chi connectivity index (χ3v) is 16.0. The van der Waals surface area contributed by atoms with Crippen LogP contribution in [0.15, 0.2) is 0 Å². The molecule has 0 spiro atoms. The molecule has 13 N–H and O–H groups in total. The second-order valence-electron chi connectivity index (χ2n) is 23.9. The molecule has 3 aliphatic heterocycles. The number of aliphatic hydroxyl groups is 7. The molecule has 3 saturated heterocycles. The number of carbonyl (C=O) groups is 9. The van der Waals surface area contributed by atoms with Crippen molar-refractivity contribution < 1.29 is 109 Å². The number of carbonyl (C=O) groups excluding carboxylic acids is 9. The zero-order valence-corrected chi connectivity index (χ0v) is 49.1. The lowest BCUT2D eigenvalue weighted by Gasteiger charge is -2.47. The monoisotopic (exact) mass is 1160 g/mol. The summed E-state index contributed by atoms with van der Waals surface area (Å²) in [6, 6.07) is -5.77. The molecule has 0 saturated carbocycles. The first-order valence-corrected chi connectivity index (χ1v) is 28.2. The van der Waals surface area contributed by atoms with Gasteiger partial charge in [0.1, 0.15) is 42.7 Å². The number of nitrogens with zero attached hydrogens (tertiary/aromatic N) is 1. The number of carboxylic acid groups (broad SMARTS) is 1. The number of carboxylic acids is 1. The molecule has 26 nitrogen and oxygen atoms in total. The Labute approximate surface area is 473 Å². The predicted molar refractivity (Wildman–Crippen MR) is 283 cm³/mol. The van der Waals surface area contributed by atoms with E-state index in [1.807, 2.05) is 0 Å². The quantitative estimate of drug-likeness (QED) is 0.0316. The Bertz CT molecular complexity index is 2160. The number of amides is 4. The molecule has 3 heterocycles. The van der Waals surface area contributed by atoms with Crippen LogP contribution in [-0.2, 0) is 62.1 Å². The van der Waals surface area contributed by atoms with Gasteiger partial charge in [0.25, 0.3) is 0 Å². The van der Waals surface area contributed by atoms with Crippen LogP contribution in [0.3, 0.4) is 0 Å². The van der Waals surface area contributed by atoms with Crippen molar-refractivity contribution >= 4 is 52.7 Å². The fourth-order valence-electron chi connectivity index (χ4n) is 10.2. The molecule has 0 radical (unpaired) electrons. The fraction of sp³-hybridized carbons (Fsp3) is 0.836. The number of ether oxygens (including phenoxy) is 4. The van der Waals surface area contributed by atoms with Crippen molar-refractivity contribution in [2.45, 2.75) is 220 Å². The maximum absolute atomic E-state index is 14.3. The van der Waals surface area contributed by atoms with Crippen LogP contribution in [0.2, 0.25) is 0 Å². The van der Waals surface area contributed by atoms with Crippen LogP contribution in [0.5, 0.6) is 0 Å². The number of nitrogens with one attached hydrogen (secondary N) is 3. The highest BCUT2D eigenvalue weighted by Gasteiger charge is 2.51. The van der Waals surface area contributed by atoms with Gasteiger partial charge in [0, 0.05) is 68.2 Å². The van der Waals surface area contributed by atoms with E-state index in [1.165, 1.54) is 32.6 Å². The second kappa shape index (κ2) is 31.4. The first kappa shape index (κ1) is 70.8. The summed E-state index contributed by atoms with van der Waals surface area (Å²) < 4.78 is 23.3. The Morgan fingerprint density at radius 3 is 1.62 bits per heavy atom. The Hall–Kier alpha value is -4.45. The Kier molecular flexibility index (Phi) is 27.5. The number of quaternary nitrogens is 1. The summed E-state index contributed by atoms with van der Waals surface area (Å²) in [5.74, 6) is -12.5. The van der Waals surface area contributed by atoms with Gasteiger partial charge in [-0.05, 0) is 44.4 Å². The minimum Gasteiger partial charge on any atom is -0.548 e. The van der Waals surface area contributed by atoms with Crippen molar-refractivity contribution in [2.24, 2.45) is 53.3 Å². The third-order valence-electron chi connectivity index (χ3n) is 16.0. The van der Waals surface area contributed by atoms with Gasteiger partial charge < -0.3 is 91.2 Å². The maximum atomic E-state index is 14.3. The first-order valence-electron chi connectivity index (χ1n) is 28.2. The van der Waals surface area contributed by atoms with Gasteiger partial charge in [0.15, 0.2) is 41.8 Å². The number of aliphatic hydroxyl groups excluding tert-OH is 7. The maximum Gasteiger partial charge on any atom is 0.227 e. The molecule has 0 aromatic heterocycles. The first-order chi connectivity index (χ1) is 37.6. The predicted octanol–water partition coefficient (Wildman–Crippen LogP) is -3.95. The molecule has 0 aromatic rings. The molecule has 4 amide bonds. The normalized spacial score (nSPS) is 29.5. The summed E-state index contributed by atoms with van der Waals surface area (Å²) in [6.07, 6.45) is -17.2. The molecule has 3 aliphatic rings. The lowest BCUT2D eigenvalue weighted by atomic mass is 9.84. The number of hydrogen-bond donors (Lipinski definition) is 11. The van der Waals surface area contributed by atoms with Gasteiger partial charge >= 0.3 is 0 Å². The van der Waals surface area contributed by atoms with Gasteiger partial charge in [-0.3, -0.25) is 38.4 Å². The van der Waals surface area contributed by atoms with Crippen molar-refractivity contribution in [1.82, 2.24) is 20.9 Å². The molecule has 10 unspecified atom stereocenters. The summed E-state index contributed by atoms with van der Waals surface area (Å²) in [5, 5.41) is 91.6. The minimum atomic E-state index is -1.80. The SMILES string of the molecule is CC(CC(=O)[C@@H]1CC(O)CN1C(=O)C(CC(=O)[C@@H]([NH3+])C(C)O[C@H]1OC(CO)[C@H](O)[C@H](O[C@@H]2OC(CO)[C@H](O)[C@H](O)C2O)C1C)C(C)C)C(=O)N[C@@H](C)C(=O)CC(C(=O)N[C@H](C(=O)CC(C(=O)N[C@@H](C)C(=O)[O-])C(C)C)C(C)C)C(C)C. The molecule has 0 aliphatic carbocycles. The lowest BCUT2D eigenvalue weighted by molar-refractivity contribution is -0.432. The number of rotatable bonds is 31. The van der Waals surface area contributed by atoms with E-state index in [0.717, 1.165) is 0 Å². The Morgan fingerprint density at radius 2 is 1.10 bits per heavy atom. The average Bonchev–Trinajstić information content (AvgIpc) is 3.79. The fourth-order valence-corrected chi connectivity index (χ4v) is 10.2. The van der Waals surface area contributed by atoms with E-state index >= 15 is 0 Å². The number of Topliss-reactive ketones (excluding diaryl/α,β-unsaturated/α-hetero) is 4. The molecule has 81 heavy (non-hydrogen) atoms. The van der Waals surface area contributed by atoms with Crippen LogP contribution >= 0.6 is 0 Å². The zero-order valence-electron chi connectivity index (χ0n) is 49.1. The summed E-state index contributed by atoms with van der Waals surface area (Å²) >= 11 is 0. The largest absolute Gasteiger partial charge is 0.548 e. The topological polar surface area (TPSA) is 422 Å². The Morgan fingerprint density at radius 1 is 0.605 bits per heavy atom. The van der Waals surface area contributed by atoms with Crippen LogP contribution < -0.4 is 26.8 Å². The summed E-state index contributed by atoms with van der Waals surface area (Å²) in [4.78, 5) is 122. The van der Waals surface area contributed by atoms with Crippen molar-refractivity contribution in [1.29, 1.82) is 0 Å². The molecule has 0 aromatic carbocycles. The number of likely N-dealkylation sites (tertiary alicyclic amines) is 1. The van der Waals surface area contributed by atoms with Crippen LogP contribution in [0, 0.1) is 53.3 Å². The number of ketones is 4. The smallest absolute Gasteiger partial charge is 0.227 e. The van der Waals surface area contributed by atoms with Crippen LogP contribution in [0.25, 0.3) is 0 Å². The van der Waals surface area contributed by atoms with Crippen LogP contribution in [0.1, 0.15) is 122 Å². The van der Waals surface area contributed by atoms with Crippen molar-refractivity contribution in [3.63, 3.8) is 0 Å². The van der Waals surface area contributed by atoms with E-state index in [4.69, 9.17) is 18.9 Å². The van der Waals surface area contributed by atoms with Gasteiger partial charge in [0.05, 0.1) is 55.6 Å². The van der Waals surface area contributed by atoms with E-state index in [9.17, 15) is 84.0 Å². The molecule has 3 rings (SSSR count). The summed E-state index contributed by atoms with van der Waals surface area (Å²) in [7, 11) is 0. The third kappa shape index (κ3) is 18.8. The van der Waals surface area contributed by atoms with Gasteiger partial charge in [0.2, 0.25) is 23.6 Å². The summed E-state index contributed by atoms with van der Waals surface area (Å²) in [6.45, 7) is 19.2. The van der Waals surface area contributed by atoms with E-state index < -0.39 is 217 Å². The van der Waals surface area contributed by atoms with E-state index in [0.29, 0.717) is 0 Å². The molecular weight excluding hydrogens is 1070 g/mol.